The highest BCUT2D eigenvalue weighted by atomic mass is 19.1. The van der Waals surface area contributed by atoms with Crippen LogP contribution < -0.4 is 30.3 Å². The number of carboxylic acid groups (broad SMARTS) is 1. The molecule has 3 aromatic rings. The summed E-state index contributed by atoms with van der Waals surface area (Å²) in [6.07, 6.45) is 1.21. The monoisotopic (exact) mass is 499 g/mol. The first kappa shape index (κ1) is 23.4. The Hall–Kier alpha value is -4.35. The van der Waals surface area contributed by atoms with E-state index in [2.05, 4.69) is 5.32 Å². The standard InChI is InChI=1S/C24H23F2N5O5/c1-13(32)27-14-3-4-19(17(25)9-14)29-5-7-30(8-6-29)21-18(26)10-15-20-23(21)36-12-28(2)31(20)11-16(22(15)33)24(34)35/h3-4,9-11H,5-8,12H2,1-2H3,(H,27,32)(H,34,35). The minimum Gasteiger partial charge on any atom is -0.477 e. The normalized spacial score (nSPS) is 15.2. The third-order valence-electron chi connectivity index (χ3n) is 6.35. The van der Waals surface area contributed by atoms with Gasteiger partial charge in [-0.05, 0) is 24.3 Å². The molecule has 3 heterocycles. The summed E-state index contributed by atoms with van der Waals surface area (Å²) in [4.78, 5) is 39.1. The number of nitrogens with zero attached hydrogens (tertiary/aromatic N) is 4. The number of hydrogen-bond donors (Lipinski definition) is 2. The summed E-state index contributed by atoms with van der Waals surface area (Å²) in [6.45, 7) is 2.83. The number of pyridine rings is 1. The molecule has 1 fully saturated rings. The first-order valence-corrected chi connectivity index (χ1v) is 11.2. The molecule has 0 spiro atoms. The van der Waals surface area contributed by atoms with Gasteiger partial charge in [-0.25, -0.2) is 13.6 Å². The number of ether oxygens (including phenoxy) is 1. The molecule has 0 radical (unpaired) electrons. The van der Waals surface area contributed by atoms with Crippen molar-refractivity contribution in [2.45, 2.75) is 6.92 Å². The molecule has 0 unspecified atom stereocenters. The largest absolute Gasteiger partial charge is 0.477 e. The van der Waals surface area contributed by atoms with Crippen LogP contribution in [0.1, 0.15) is 17.3 Å². The molecule has 0 bridgehead atoms. The molecule has 1 aromatic heterocycles. The van der Waals surface area contributed by atoms with E-state index in [4.69, 9.17) is 4.74 Å². The second kappa shape index (κ2) is 8.70. The predicted molar refractivity (Wildman–Crippen MR) is 130 cm³/mol. The zero-order chi connectivity index (χ0) is 25.7. The molecule has 0 saturated carbocycles. The summed E-state index contributed by atoms with van der Waals surface area (Å²) in [6, 6.07) is 5.52. The molecule has 2 aliphatic rings. The SMILES string of the molecule is CC(=O)Nc1ccc(N2CCN(c3c(F)cc4c(=O)c(C(=O)O)cn5c4c3OCN5C)CC2)c(F)c1. The number of hydrogen-bond acceptors (Lipinski definition) is 7. The Morgan fingerprint density at radius 2 is 1.75 bits per heavy atom. The Bertz CT molecular complexity index is 1470. The van der Waals surface area contributed by atoms with Gasteiger partial charge in [-0.1, -0.05) is 0 Å². The van der Waals surface area contributed by atoms with Gasteiger partial charge in [0, 0.05) is 52.0 Å². The molecule has 12 heteroatoms. The van der Waals surface area contributed by atoms with E-state index in [-0.39, 0.29) is 35.0 Å². The van der Waals surface area contributed by atoms with Crippen LogP contribution >= 0.6 is 0 Å². The lowest BCUT2D eigenvalue weighted by Gasteiger charge is -2.39. The Balaban J connectivity index is 1.47. The quantitative estimate of drug-likeness (QED) is 0.563. The average Bonchev–Trinajstić information content (AvgIpc) is 2.82. The third-order valence-corrected chi connectivity index (χ3v) is 6.35. The van der Waals surface area contributed by atoms with Crippen LogP contribution in [0.25, 0.3) is 10.9 Å². The molecule has 0 aliphatic carbocycles. The molecule has 2 N–H and O–H groups in total. The molecular formula is C24H23F2N5O5. The van der Waals surface area contributed by atoms with Crippen molar-refractivity contribution in [1.82, 2.24) is 4.68 Å². The molecule has 1 amide bonds. The Morgan fingerprint density at radius 3 is 2.39 bits per heavy atom. The topological polar surface area (TPSA) is 107 Å². The van der Waals surface area contributed by atoms with Crippen LogP contribution in [0.4, 0.5) is 25.8 Å². The number of carboxylic acids is 1. The highest BCUT2D eigenvalue weighted by molar-refractivity contribution is 5.97. The first-order chi connectivity index (χ1) is 17.2. The maximum absolute atomic E-state index is 15.4. The van der Waals surface area contributed by atoms with Crippen LogP contribution in [0.5, 0.6) is 5.75 Å². The maximum Gasteiger partial charge on any atom is 0.341 e. The Kier molecular flexibility index (Phi) is 5.65. The van der Waals surface area contributed by atoms with Crippen molar-refractivity contribution in [2.24, 2.45) is 0 Å². The highest BCUT2D eigenvalue weighted by Crippen LogP contribution is 2.40. The lowest BCUT2D eigenvalue weighted by molar-refractivity contribution is -0.114. The fraction of sp³-hybridized carbons (Fsp3) is 0.292. The summed E-state index contributed by atoms with van der Waals surface area (Å²) in [5.41, 5.74) is -0.0575. The van der Waals surface area contributed by atoms with Crippen molar-refractivity contribution < 1.29 is 28.2 Å². The fourth-order valence-electron chi connectivity index (χ4n) is 4.69. The first-order valence-electron chi connectivity index (χ1n) is 11.2. The van der Waals surface area contributed by atoms with E-state index in [1.807, 2.05) is 4.90 Å². The van der Waals surface area contributed by atoms with E-state index in [1.54, 1.807) is 29.1 Å². The van der Waals surface area contributed by atoms with Crippen molar-refractivity contribution in [1.29, 1.82) is 0 Å². The average molecular weight is 499 g/mol. The van der Waals surface area contributed by atoms with Crippen LogP contribution in [0.3, 0.4) is 0 Å². The van der Waals surface area contributed by atoms with Crippen LogP contribution in [0.15, 0.2) is 35.3 Å². The zero-order valence-electron chi connectivity index (χ0n) is 19.5. The number of nitrogens with one attached hydrogen (secondary N) is 1. The van der Waals surface area contributed by atoms with Gasteiger partial charge in [0.05, 0.1) is 11.1 Å². The summed E-state index contributed by atoms with van der Waals surface area (Å²) < 4.78 is 37.4. The van der Waals surface area contributed by atoms with Gasteiger partial charge in [0.1, 0.15) is 22.6 Å². The van der Waals surface area contributed by atoms with Gasteiger partial charge < -0.3 is 25.0 Å². The number of piperazine rings is 1. The number of halogens is 2. The molecule has 2 aliphatic heterocycles. The van der Waals surface area contributed by atoms with Gasteiger partial charge in [-0.3, -0.25) is 19.3 Å². The number of rotatable bonds is 4. The van der Waals surface area contributed by atoms with Crippen LogP contribution in [0, 0.1) is 11.6 Å². The molecule has 36 heavy (non-hydrogen) atoms. The predicted octanol–water partition coefficient (Wildman–Crippen LogP) is 2.18. The number of carbonyl (C=O) groups is 2. The van der Waals surface area contributed by atoms with Gasteiger partial charge in [0.2, 0.25) is 11.3 Å². The molecule has 5 rings (SSSR count). The number of amides is 1. The lowest BCUT2D eigenvalue weighted by atomic mass is 10.1. The van der Waals surface area contributed by atoms with Crippen LogP contribution in [-0.4, -0.2) is 61.6 Å². The number of carbonyl (C=O) groups excluding carboxylic acids is 1. The van der Waals surface area contributed by atoms with E-state index in [0.29, 0.717) is 37.6 Å². The third kappa shape index (κ3) is 3.84. The van der Waals surface area contributed by atoms with E-state index < -0.39 is 28.6 Å². The summed E-state index contributed by atoms with van der Waals surface area (Å²) in [5, 5.41) is 13.5. The van der Waals surface area contributed by atoms with Crippen molar-refractivity contribution in [2.75, 3.05) is 60.1 Å². The molecular weight excluding hydrogens is 476 g/mol. The lowest BCUT2D eigenvalue weighted by Crippen LogP contribution is -2.47. The second-order valence-corrected chi connectivity index (χ2v) is 8.71. The van der Waals surface area contributed by atoms with Gasteiger partial charge in [0.25, 0.3) is 0 Å². The molecule has 188 valence electrons. The highest BCUT2D eigenvalue weighted by Gasteiger charge is 2.31. The van der Waals surface area contributed by atoms with Gasteiger partial charge in [-0.15, -0.1) is 0 Å². The van der Waals surface area contributed by atoms with E-state index in [0.717, 1.165) is 6.07 Å². The minimum absolute atomic E-state index is 0.0201. The Morgan fingerprint density at radius 1 is 1.06 bits per heavy atom. The molecule has 2 aromatic carbocycles. The second-order valence-electron chi connectivity index (χ2n) is 8.71. The minimum atomic E-state index is -1.40. The fourth-order valence-corrected chi connectivity index (χ4v) is 4.69. The maximum atomic E-state index is 15.4. The Labute approximate surface area is 203 Å². The van der Waals surface area contributed by atoms with Crippen LogP contribution in [-0.2, 0) is 4.79 Å². The summed E-state index contributed by atoms with van der Waals surface area (Å²) in [7, 11) is 1.66. The number of aromatic carboxylic acids is 1. The van der Waals surface area contributed by atoms with Crippen molar-refractivity contribution in [3.63, 3.8) is 0 Å². The van der Waals surface area contributed by atoms with Crippen molar-refractivity contribution in [3.05, 3.63) is 57.9 Å². The van der Waals surface area contributed by atoms with Gasteiger partial charge in [-0.2, -0.15) is 0 Å². The number of anilines is 3. The van der Waals surface area contributed by atoms with Crippen molar-refractivity contribution >= 4 is 39.8 Å². The number of benzene rings is 2. The summed E-state index contributed by atoms with van der Waals surface area (Å²) >= 11 is 0. The van der Waals surface area contributed by atoms with E-state index >= 15 is 4.39 Å². The van der Waals surface area contributed by atoms with Crippen LogP contribution in [0.2, 0.25) is 0 Å². The van der Waals surface area contributed by atoms with E-state index in [9.17, 15) is 23.9 Å². The smallest absolute Gasteiger partial charge is 0.341 e. The van der Waals surface area contributed by atoms with Crippen molar-refractivity contribution in [3.8, 4) is 5.75 Å². The van der Waals surface area contributed by atoms with E-state index in [1.165, 1.54) is 23.9 Å². The molecule has 10 nitrogen and oxygen atoms in total. The summed E-state index contributed by atoms with van der Waals surface area (Å²) in [5.74, 6) is -2.71. The number of aromatic nitrogens is 1. The van der Waals surface area contributed by atoms with Gasteiger partial charge >= 0.3 is 5.97 Å². The zero-order valence-corrected chi connectivity index (χ0v) is 19.5. The molecule has 1 saturated heterocycles. The van der Waals surface area contributed by atoms with Gasteiger partial charge in [0.15, 0.2) is 18.3 Å². The molecule has 0 atom stereocenters.